The molecule has 0 bridgehead atoms. The second kappa shape index (κ2) is 8.84. The molecule has 1 saturated heterocycles. The molecule has 2 unspecified atom stereocenters. The van der Waals surface area contributed by atoms with Gasteiger partial charge in [-0.15, -0.1) is 0 Å². The van der Waals surface area contributed by atoms with Crippen molar-refractivity contribution in [3.05, 3.63) is 48.5 Å². The average Bonchev–Trinajstić information content (AvgIpc) is 3.34. The van der Waals surface area contributed by atoms with Gasteiger partial charge in [0.1, 0.15) is 24.6 Å². The van der Waals surface area contributed by atoms with Crippen molar-refractivity contribution in [3.8, 4) is 0 Å². The number of hydrogen-bond acceptors (Lipinski definition) is 8. The summed E-state index contributed by atoms with van der Waals surface area (Å²) in [4.78, 5) is 25.3. The number of nitrogens with one attached hydrogen (secondary N) is 1. The van der Waals surface area contributed by atoms with Crippen LogP contribution >= 0.6 is 0 Å². The molecule has 3 aromatic rings. The summed E-state index contributed by atoms with van der Waals surface area (Å²) in [6.07, 6.45) is 0.367. The molecule has 1 amide bonds. The number of anilines is 1. The van der Waals surface area contributed by atoms with Gasteiger partial charge in [0.05, 0.1) is 12.9 Å². The summed E-state index contributed by atoms with van der Waals surface area (Å²) in [5.41, 5.74) is 1.28. The van der Waals surface area contributed by atoms with Gasteiger partial charge in [0.25, 0.3) is 5.91 Å². The van der Waals surface area contributed by atoms with Crippen LogP contribution in [0.3, 0.4) is 0 Å². The summed E-state index contributed by atoms with van der Waals surface area (Å²) in [5, 5.41) is 22.8. The number of carbonyl (C=O) groups excluding carboxylic acids is 1. The lowest BCUT2D eigenvalue weighted by molar-refractivity contribution is -0.0703. The third-order valence-electron chi connectivity index (χ3n) is 4.91. The number of fused-ring (bicyclic) bond motifs is 1. The second-order valence-electron chi connectivity index (χ2n) is 6.94. The number of aromatic nitrogens is 4. The average molecular weight is 413 g/mol. The van der Waals surface area contributed by atoms with Crippen molar-refractivity contribution in [1.82, 2.24) is 19.5 Å². The third kappa shape index (κ3) is 3.77. The van der Waals surface area contributed by atoms with Gasteiger partial charge in [-0.25, -0.2) is 15.0 Å². The van der Waals surface area contributed by atoms with Crippen molar-refractivity contribution in [2.24, 2.45) is 0 Å². The second-order valence-corrected chi connectivity index (χ2v) is 6.94. The summed E-state index contributed by atoms with van der Waals surface area (Å²) in [5.74, 6) is -0.0573. The van der Waals surface area contributed by atoms with E-state index < -0.39 is 24.5 Å². The lowest BCUT2D eigenvalue weighted by Crippen LogP contribution is -2.35. The predicted molar refractivity (Wildman–Crippen MR) is 107 cm³/mol. The molecule has 10 nitrogen and oxygen atoms in total. The first-order chi connectivity index (χ1) is 14.6. The fourth-order valence-corrected chi connectivity index (χ4v) is 3.43. The van der Waals surface area contributed by atoms with Crippen LogP contribution in [0.15, 0.2) is 43.0 Å². The normalized spacial score (nSPS) is 23.7. The highest BCUT2D eigenvalue weighted by molar-refractivity contribution is 6.06. The van der Waals surface area contributed by atoms with Crippen molar-refractivity contribution in [3.63, 3.8) is 0 Å². The van der Waals surface area contributed by atoms with Crippen LogP contribution in [-0.2, 0) is 9.47 Å². The molecule has 0 aliphatic carbocycles. The Kier molecular flexibility index (Phi) is 6.00. The van der Waals surface area contributed by atoms with E-state index in [0.717, 1.165) is 6.42 Å². The van der Waals surface area contributed by atoms with E-state index in [1.54, 1.807) is 28.8 Å². The fraction of sp³-hybridized carbons (Fsp3) is 0.400. The summed E-state index contributed by atoms with van der Waals surface area (Å²) in [7, 11) is 0. The quantitative estimate of drug-likeness (QED) is 0.525. The van der Waals surface area contributed by atoms with Crippen LogP contribution in [0.25, 0.3) is 11.2 Å². The molecule has 1 aromatic carbocycles. The molecule has 4 rings (SSSR count). The summed E-state index contributed by atoms with van der Waals surface area (Å²) >= 11 is 0. The van der Waals surface area contributed by atoms with E-state index in [0.29, 0.717) is 23.3 Å². The number of hydrogen-bond donors (Lipinski definition) is 3. The Morgan fingerprint density at radius 2 is 2.07 bits per heavy atom. The first kappa shape index (κ1) is 20.4. The Morgan fingerprint density at radius 1 is 1.27 bits per heavy atom. The van der Waals surface area contributed by atoms with E-state index in [1.165, 1.54) is 12.7 Å². The molecule has 0 spiro atoms. The monoisotopic (exact) mass is 413 g/mol. The highest BCUT2D eigenvalue weighted by Crippen LogP contribution is 2.34. The molecule has 1 aliphatic heterocycles. The van der Waals surface area contributed by atoms with Crippen LogP contribution in [0.2, 0.25) is 0 Å². The maximum Gasteiger partial charge on any atom is 0.256 e. The van der Waals surface area contributed by atoms with Crippen molar-refractivity contribution in [2.75, 3.05) is 18.5 Å². The maximum atomic E-state index is 12.5. The molecule has 3 N–H and O–H groups in total. The number of nitrogens with zero attached hydrogens (tertiary/aromatic N) is 4. The zero-order chi connectivity index (χ0) is 21.1. The van der Waals surface area contributed by atoms with E-state index >= 15 is 0 Å². The molecule has 0 saturated carbocycles. The fourth-order valence-electron chi connectivity index (χ4n) is 3.43. The van der Waals surface area contributed by atoms with Crippen molar-refractivity contribution >= 4 is 22.9 Å². The van der Waals surface area contributed by atoms with Gasteiger partial charge in [0.2, 0.25) is 0 Å². The van der Waals surface area contributed by atoms with Gasteiger partial charge in [-0.3, -0.25) is 9.36 Å². The van der Waals surface area contributed by atoms with Crippen molar-refractivity contribution in [2.45, 2.75) is 37.9 Å². The maximum absolute atomic E-state index is 12.5. The number of ether oxygens (including phenoxy) is 2. The molecule has 0 radical (unpaired) electrons. The largest absolute Gasteiger partial charge is 0.394 e. The Labute approximate surface area is 172 Å². The molecule has 30 heavy (non-hydrogen) atoms. The number of benzene rings is 1. The number of imidazole rings is 1. The van der Waals surface area contributed by atoms with Gasteiger partial charge in [-0.2, -0.15) is 0 Å². The number of rotatable bonds is 7. The zero-order valence-electron chi connectivity index (χ0n) is 16.4. The van der Waals surface area contributed by atoms with Gasteiger partial charge in [0, 0.05) is 12.2 Å². The van der Waals surface area contributed by atoms with Crippen LogP contribution in [0, 0.1) is 0 Å². The van der Waals surface area contributed by atoms with Crippen LogP contribution in [0.1, 0.15) is 29.9 Å². The summed E-state index contributed by atoms with van der Waals surface area (Å²) in [6, 6.07) is 8.77. The Bertz CT molecular complexity index is 1010. The highest BCUT2D eigenvalue weighted by atomic mass is 16.6. The van der Waals surface area contributed by atoms with E-state index in [9.17, 15) is 15.0 Å². The first-order valence-corrected chi connectivity index (χ1v) is 9.74. The third-order valence-corrected chi connectivity index (χ3v) is 4.91. The predicted octanol–water partition coefficient (Wildman–Crippen LogP) is 1.12. The standard InChI is InChI=1S/C20H23N5O5/c1-2-8-29-16-15(27)13(9-26)30-20(16)25-11-23-14-17(21-10-22-18(14)25)24-19(28)12-6-4-3-5-7-12/h3-7,10-11,13,15-16,20,26-27H,2,8-9H2,1H3,(H,21,22,24,28)/t13-,15?,16?,20-/m1/s1. The Balaban J connectivity index is 1.65. The molecule has 158 valence electrons. The SMILES string of the molecule is CCCOC1C(O)[C@@H](CO)O[C@H]1n1cnc2c(NC(=O)c3ccccc3)ncnc21. The highest BCUT2D eigenvalue weighted by Gasteiger charge is 2.45. The Hall–Kier alpha value is -2.92. The van der Waals surface area contributed by atoms with E-state index in [1.807, 2.05) is 13.0 Å². The van der Waals surface area contributed by atoms with E-state index in [4.69, 9.17) is 9.47 Å². The van der Waals surface area contributed by atoms with Gasteiger partial charge in [-0.1, -0.05) is 25.1 Å². The molecule has 4 atom stereocenters. The topological polar surface area (TPSA) is 132 Å². The van der Waals surface area contributed by atoms with Crippen LogP contribution in [-0.4, -0.2) is 67.2 Å². The molecule has 1 fully saturated rings. The number of carbonyl (C=O) groups is 1. The minimum atomic E-state index is -0.997. The summed E-state index contributed by atoms with van der Waals surface area (Å²) < 4.78 is 13.2. The number of aliphatic hydroxyl groups excluding tert-OH is 2. The molecular weight excluding hydrogens is 390 g/mol. The summed E-state index contributed by atoms with van der Waals surface area (Å²) in [6.45, 7) is 2.05. The Morgan fingerprint density at radius 3 is 2.80 bits per heavy atom. The van der Waals surface area contributed by atoms with Gasteiger partial charge in [0.15, 0.2) is 23.2 Å². The van der Waals surface area contributed by atoms with Crippen molar-refractivity contribution < 1.29 is 24.5 Å². The molecule has 3 heterocycles. The van der Waals surface area contributed by atoms with Gasteiger partial charge in [-0.05, 0) is 18.6 Å². The number of amides is 1. The van der Waals surface area contributed by atoms with E-state index in [2.05, 4.69) is 20.3 Å². The zero-order valence-corrected chi connectivity index (χ0v) is 16.4. The van der Waals surface area contributed by atoms with Gasteiger partial charge < -0.3 is 25.0 Å². The first-order valence-electron chi connectivity index (χ1n) is 9.74. The van der Waals surface area contributed by atoms with Crippen LogP contribution < -0.4 is 5.32 Å². The van der Waals surface area contributed by atoms with Crippen LogP contribution in [0.5, 0.6) is 0 Å². The molecular formula is C20H23N5O5. The van der Waals surface area contributed by atoms with Crippen molar-refractivity contribution in [1.29, 1.82) is 0 Å². The lowest BCUT2D eigenvalue weighted by atomic mass is 10.1. The van der Waals surface area contributed by atoms with E-state index in [-0.39, 0.29) is 18.3 Å². The van der Waals surface area contributed by atoms with Gasteiger partial charge >= 0.3 is 0 Å². The lowest BCUT2D eigenvalue weighted by Gasteiger charge is -2.21. The minimum absolute atomic E-state index is 0.260. The molecule has 2 aromatic heterocycles. The molecule has 10 heteroatoms. The molecule has 1 aliphatic rings. The minimum Gasteiger partial charge on any atom is -0.394 e. The smallest absolute Gasteiger partial charge is 0.256 e. The van der Waals surface area contributed by atoms with Crippen LogP contribution in [0.4, 0.5) is 5.82 Å². The number of aliphatic hydroxyl groups is 2.